The van der Waals surface area contributed by atoms with Crippen LogP contribution in [0.25, 0.3) is 9.75 Å². The third kappa shape index (κ3) is 1.99. The molecule has 0 aromatic carbocycles. The van der Waals surface area contributed by atoms with Gasteiger partial charge in [0.25, 0.3) is 0 Å². The molecule has 16 heavy (non-hydrogen) atoms. The monoisotopic (exact) mass is 244 g/mol. The first-order valence-electron chi connectivity index (χ1n) is 4.74. The highest BCUT2D eigenvalue weighted by Crippen LogP contribution is 2.36. The van der Waals surface area contributed by atoms with E-state index in [0.717, 1.165) is 20.9 Å². The molecule has 0 radical (unpaired) electrons. The van der Waals surface area contributed by atoms with Gasteiger partial charge in [-0.2, -0.15) is 10.5 Å². The fraction of sp³-hybridized carbons (Fsp3) is 0.167. The van der Waals surface area contributed by atoms with Gasteiger partial charge in [0.15, 0.2) is 0 Å². The van der Waals surface area contributed by atoms with Crippen LogP contribution in [-0.4, -0.2) is 0 Å². The van der Waals surface area contributed by atoms with E-state index in [0.29, 0.717) is 12.8 Å². The zero-order valence-electron chi connectivity index (χ0n) is 8.43. The molecule has 0 amide bonds. The Labute approximate surface area is 102 Å². The molecule has 4 heteroatoms. The Bertz CT molecular complexity index is 514. The molecule has 0 spiro atoms. The van der Waals surface area contributed by atoms with Gasteiger partial charge in [-0.1, -0.05) is 0 Å². The minimum atomic E-state index is 0.433. The first-order chi connectivity index (χ1) is 7.86. The Morgan fingerprint density at radius 2 is 1.31 bits per heavy atom. The molecular weight excluding hydrogens is 236 g/mol. The fourth-order valence-corrected chi connectivity index (χ4v) is 3.60. The second-order valence-electron chi connectivity index (χ2n) is 3.22. The van der Waals surface area contributed by atoms with E-state index < -0.39 is 0 Å². The molecule has 0 aliphatic heterocycles. The summed E-state index contributed by atoms with van der Waals surface area (Å²) in [5.41, 5.74) is 2.13. The fourth-order valence-electron chi connectivity index (χ4n) is 1.52. The van der Waals surface area contributed by atoms with E-state index in [2.05, 4.69) is 12.1 Å². The summed E-state index contributed by atoms with van der Waals surface area (Å²) >= 11 is 3.27. The minimum absolute atomic E-state index is 0.433. The van der Waals surface area contributed by atoms with Crippen LogP contribution in [0, 0.1) is 22.7 Å². The van der Waals surface area contributed by atoms with Crippen molar-refractivity contribution in [2.24, 2.45) is 0 Å². The maximum atomic E-state index is 8.74. The van der Waals surface area contributed by atoms with Crippen LogP contribution in [0.15, 0.2) is 22.9 Å². The maximum Gasteiger partial charge on any atom is 0.0670 e. The SMILES string of the molecule is N#CCc1ccsc1-c1sccc1CC#N. The molecule has 0 unspecified atom stereocenters. The van der Waals surface area contributed by atoms with E-state index >= 15 is 0 Å². The average Bonchev–Trinajstić information content (AvgIpc) is 2.87. The van der Waals surface area contributed by atoms with Gasteiger partial charge in [-0.15, -0.1) is 22.7 Å². The molecule has 2 nitrogen and oxygen atoms in total. The van der Waals surface area contributed by atoms with Crippen molar-refractivity contribution in [3.63, 3.8) is 0 Å². The number of hydrogen-bond donors (Lipinski definition) is 0. The molecule has 0 aliphatic rings. The molecule has 0 atom stereocenters. The summed E-state index contributed by atoms with van der Waals surface area (Å²) in [5, 5.41) is 21.5. The standard InChI is InChI=1S/C12H8N2S2/c13-5-1-9-3-7-15-11(9)12-10(2-6-14)4-8-16-12/h3-4,7-8H,1-2H2. The summed E-state index contributed by atoms with van der Waals surface area (Å²) in [4.78, 5) is 2.28. The van der Waals surface area contributed by atoms with Crippen LogP contribution in [0.1, 0.15) is 11.1 Å². The zero-order valence-corrected chi connectivity index (χ0v) is 10.1. The summed E-state index contributed by atoms with van der Waals surface area (Å²) in [5.74, 6) is 0. The summed E-state index contributed by atoms with van der Waals surface area (Å²) in [7, 11) is 0. The van der Waals surface area contributed by atoms with Crippen molar-refractivity contribution in [1.82, 2.24) is 0 Å². The maximum absolute atomic E-state index is 8.74. The van der Waals surface area contributed by atoms with E-state index in [1.54, 1.807) is 22.7 Å². The van der Waals surface area contributed by atoms with E-state index in [4.69, 9.17) is 10.5 Å². The molecule has 0 fully saturated rings. The summed E-state index contributed by atoms with van der Waals surface area (Å²) in [6.45, 7) is 0. The van der Waals surface area contributed by atoms with Crippen LogP contribution in [-0.2, 0) is 12.8 Å². The highest BCUT2D eigenvalue weighted by atomic mass is 32.1. The van der Waals surface area contributed by atoms with E-state index in [9.17, 15) is 0 Å². The summed E-state index contributed by atoms with van der Waals surface area (Å²) in [6.07, 6.45) is 0.867. The van der Waals surface area contributed by atoms with Crippen molar-refractivity contribution in [3.8, 4) is 21.9 Å². The summed E-state index contributed by atoms with van der Waals surface area (Å²) in [6, 6.07) is 8.31. The number of nitrogens with zero attached hydrogens (tertiary/aromatic N) is 2. The van der Waals surface area contributed by atoms with Gasteiger partial charge < -0.3 is 0 Å². The lowest BCUT2D eigenvalue weighted by Gasteiger charge is -1.99. The van der Waals surface area contributed by atoms with Gasteiger partial charge >= 0.3 is 0 Å². The van der Waals surface area contributed by atoms with Gasteiger partial charge in [0.05, 0.1) is 25.0 Å². The second kappa shape index (κ2) is 4.94. The zero-order chi connectivity index (χ0) is 11.4. The van der Waals surface area contributed by atoms with Crippen molar-refractivity contribution in [1.29, 1.82) is 10.5 Å². The molecule has 0 saturated heterocycles. The van der Waals surface area contributed by atoms with Crippen LogP contribution in [0.2, 0.25) is 0 Å². The first-order valence-corrected chi connectivity index (χ1v) is 6.49. The minimum Gasteiger partial charge on any atom is -0.198 e. The average molecular weight is 244 g/mol. The van der Waals surface area contributed by atoms with Crippen molar-refractivity contribution in [3.05, 3.63) is 34.0 Å². The van der Waals surface area contributed by atoms with Crippen molar-refractivity contribution >= 4 is 22.7 Å². The Morgan fingerprint density at radius 3 is 1.69 bits per heavy atom. The van der Waals surface area contributed by atoms with Crippen LogP contribution in [0.3, 0.4) is 0 Å². The predicted molar refractivity (Wildman–Crippen MR) is 66.3 cm³/mol. The molecule has 0 N–H and O–H groups in total. The molecule has 2 rings (SSSR count). The summed E-state index contributed by atoms with van der Waals surface area (Å²) < 4.78 is 0. The van der Waals surface area contributed by atoms with Gasteiger partial charge in [0, 0.05) is 9.75 Å². The Hall–Kier alpha value is -1.62. The molecule has 2 aromatic rings. The van der Waals surface area contributed by atoms with Crippen LogP contribution in [0.5, 0.6) is 0 Å². The molecule has 0 bridgehead atoms. The molecule has 2 aromatic heterocycles. The van der Waals surface area contributed by atoms with E-state index in [1.165, 1.54) is 0 Å². The van der Waals surface area contributed by atoms with Gasteiger partial charge in [-0.05, 0) is 34.0 Å². The van der Waals surface area contributed by atoms with Gasteiger partial charge in [-0.3, -0.25) is 0 Å². The van der Waals surface area contributed by atoms with Crippen molar-refractivity contribution in [2.75, 3.05) is 0 Å². The number of thiophene rings is 2. The Morgan fingerprint density at radius 1 is 0.875 bits per heavy atom. The lowest BCUT2D eigenvalue weighted by molar-refractivity contribution is 1.27. The van der Waals surface area contributed by atoms with E-state index in [-0.39, 0.29) is 0 Å². The number of rotatable bonds is 3. The third-order valence-corrected chi connectivity index (χ3v) is 4.32. The predicted octanol–water partition coefficient (Wildman–Crippen LogP) is 3.61. The molecule has 78 valence electrons. The van der Waals surface area contributed by atoms with Crippen molar-refractivity contribution < 1.29 is 0 Å². The lowest BCUT2D eigenvalue weighted by Crippen LogP contribution is -1.84. The highest BCUT2D eigenvalue weighted by Gasteiger charge is 2.12. The Balaban J connectivity index is 2.43. The van der Waals surface area contributed by atoms with Crippen LogP contribution >= 0.6 is 22.7 Å². The third-order valence-electron chi connectivity index (χ3n) is 2.24. The van der Waals surface area contributed by atoms with Crippen LogP contribution in [0.4, 0.5) is 0 Å². The van der Waals surface area contributed by atoms with Gasteiger partial charge in [-0.25, -0.2) is 0 Å². The molecular formula is C12H8N2S2. The molecule has 2 heterocycles. The van der Waals surface area contributed by atoms with Crippen molar-refractivity contribution in [2.45, 2.75) is 12.8 Å². The Kier molecular flexibility index (Phi) is 3.36. The lowest BCUT2D eigenvalue weighted by atomic mass is 10.1. The van der Waals surface area contributed by atoms with Crippen LogP contribution < -0.4 is 0 Å². The smallest absolute Gasteiger partial charge is 0.0670 e. The highest BCUT2D eigenvalue weighted by molar-refractivity contribution is 7.20. The largest absolute Gasteiger partial charge is 0.198 e. The van der Waals surface area contributed by atoms with E-state index in [1.807, 2.05) is 22.9 Å². The first kappa shape index (κ1) is 10.9. The van der Waals surface area contributed by atoms with Gasteiger partial charge in [0.1, 0.15) is 0 Å². The number of hydrogen-bond acceptors (Lipinski definition) is 4. The number of nitriles is 2. The topological polar surface area (TPSA) is 47.6 Å². The molecule has 0 saturated carbocycles. The second-order valence-corrected chi connectivity index (χ2v) is 5.05. The van der Waals surface area contributed by atoms with Gasteiger partial charge in [0.2, 0.25) is 0 Å². The quantitative estimate of drug-likeness (QED) is 0.828. The molecule has 0 aliphatic carbocycles. The normalized spacial score (nSPS) is 9.62.